The lowest BCUT2D eigenvalue weighted by molar-refractivity contribution is 0.415. The fourth-order valence-electron chi connectivity index (χ4n) is 1.28. The summed E-state index contributed by atoms with van der Waals surface area (Å²) >= 11 is 0. The van der Waals surface area contributed by atoms with Gasteiger partial charge in [-0.2, -0.15) is 0 Å². The summed E-state index contributed by atoms with van der Waals surface area (Å²) in [5.74, 6) is 2.13. The van der Waals surface area contributed by atoms with E-state index in [2.05, 4.69) is 4.99 Å². The van der Waals surface area contributed by atoms with Crippen molar-refractivity contribution in [2.75, 3.05) is 7.11 Å². The third-order valence-electron chi connectivity index (χ3n) is 2.33. The Hall–Kier alpha value is -1.51. The Morgan fingerprint density at radius 3 is 2.50 bits per heavy atom. The molecule has 0 bridgehead atoms. The van der Waals surface area contributed by atoms with Crippen molar-refractivity contribution in [2.45, 2.75) is 12.8 Å². The number of hydrogen-bond acceptors (Lipinski definition) is 2. The maximum absolute atomic E-state index is 5.80. The number of amidine groups is 1. The summed E-state index contributed by atoms with van der Waals surface area (Å²) in [6.45, 7) is 0. The standard InChI is InChI=1S/C11H14N2O/c1-14-10-6-4-9(5-7-10)13-11(12)8-2-3-8/h4-8H,2-3H2,1H3,(H2,12,13). The predicted molar refractivity (Wildman–Crippen MR) is 57.0 cm³/mol. The van der Waals surface area contributed by atoms with Crippen LogP contribution >= 0.6 is 0 Å². The van der Waals surface area contributed by atoms with E-state index in [1.165, 1.54) is 12.8 Å². The highest BCUT2D eigenvalue weighted by Gasteiger charge is 2.25. The van der Waals surface area contributed by atoms with E-state index in [1.54, 1.807) is 7.11 Å². The SMILES string of the molecule is COc1ccc(N=C(N)C2CC2)cc1. The Morgan fingerprint density at radius 2 is 2.00 bits per heavy atom. The Morgan fingerprint density at radius 1 is 1.36 bits per heavy atom. The largest absolute Gasteiger partial charge is 0.497 e. The molecule has 14 heavy (non-hydrogen) atoms. The van der Waals surface area contributed by atoms with E-state index >= 15 is 0 Å². The molecule has 2 rings (SSSR count). The molecular weight excluding hydrogens is 176 g/mol. The van der Waals surface area contributed by atoms with Crippen LogP contribution in [-0.4, -0.2) is 12.9 Å². The van der Waals surface area contributed by atoms with Crippen molar-refractivity contribution in [1.29, 1.82) is 0 Å². The summed E-state index contributed by atoms with van der Waals surface area (Å²) < 4.78 is 5.05. The minimum absolute atomic E-state index is 0.525. The molecule has 0 aromatic heterocycles. The van der Waals surface area contributed by atoms with Crippen LogP contribution in [0.4, 0.5) is 5.69 Å². The zero-order valence-electron chi connectivity index (χ0n) is 8.23. The summed E-state index contributed by atoms with van der Waals surface area (Å²) in [7, 11) is 1.65. The van der Waals surface area contributed by atoms with Crippen molar-refractivity contribution in [3.8, 4) is 5.75 Å². The smallest absolute Gasteiger partial charge is 0.119 e. The van der Waals surface area contributed by atoms with Gasteiger partial charge in [-0.25, -0.2) is 4.99 Å². The number of methoxy groups -OCH3 is 1. The van der Waals surface area contributed by atoms with Crippen LogP contribution in [0, 0.1) is 5.92 Å². The molecule has 1 aliphatic rings. The van der Waals surface area contributed by atoms with E-state index in [1.807, 2.05) is 24.3 Å². The molecule has 3 nitrogen and oxygen atoms in total. The lowest BCUT2D eigenvalue weighted by atomic mass is 10.3. The quantitative estimate of drug-likeness (QED) is 0.586. The molecule has 0 saturated heterocycles. The molecule has 0 spiro atoms. The molecule has 1 aliphatic carbocycles. The highest BCUT2D eigenvalue weighted by molar-refractivity contribution is 5.87. The number of benzene rings is 1. The van der Waals surface area contributed by atoms with E-state index in [-0.39, 0.29) is 0 Å². The van der Waals surface area contributed by atoms with Gasteiger partial charge >= 0.3 is 0 Å². The van der Waals surface area contributed by atoms with Crippen LogP contribution in [0.2, 0.25) is 0 Å². The first-order valence-corrected chi connectivity index (χ1v) is 4.77. The average Bonchev–Trinajstić information content (AvgIpc) is 3.02. The van der Waals surface area contributed by atoms with Crippen molar-refractivity contribution >= 4 is 11.5 Å². The molecule has 1 fully saturated rings. The number of aliphatic imine (C=N–C) groups is 1. The van der Waals surface area contributed by atoms with Crippen molar-refractivity contribution in [3.05, 3.63) is 24.3 Å². The second kappa shape index (κ2) is 3.70. The minimum Gasteiger partial charge on any atom is -0.497 e. The van der Waals surface area contributed by atoms with E-state index in [4.69, 9.17) is 10.5 Å². The van der Waals surface area contributed by atoms with Gasteiger partial charge in [0.25, 0.3) is 0 Å². The number of hydrogen-bond donors (Lipinski definition) is 1. The molecule has 0 amide bonds. The molecule has 74 valence electrons. The summed E-state index contributed by atoms with van der Waals surface area (Å²) in [5, 5.41) is 0. The van der Waals surface area contributed by atoms with Crippen LogP contribution in [0.5, 0.6) is 5.75 Å². The van der Waals surface area contributed by atoms with Crippen molar-refractivity contribution < 1.29 is 4.74 Å². The lowest BCUT2D eigenvalue weighted by Gasteiger charge is -2.00. The van der Waals surface area contributed by atoms with Crippen LogP contribution in [0.3, 0.4) is 0 Å². The summed E-state index contributed by atoms with van der Waals surface area (Å²) in [4.78, 5) is 4.34. The number of nitrogens with two attached hydrogens (primary N) is 1. The van der Waals surface area contributed by atoms with Gasteiger partial charge in [-0.3, -0.25) is 0 Å². The number of rotatable bonds is 3. The van der Waals surface area contributed by atoms with Gasteiger partial charge in [-0.15, -0.1) is 0 Å². The second-order valence-corrected chi connectivity index (χ2v) is 3.51. The molecule has 2 N–H and O–H groups in total. The first-order chi connectivity index (χ1) is 6.79. The monoisotopic (exact) mass is 190 g/mol. The first kappa shape index (κ1) is 9.06. The topological polar surface area (TPSA) is 47.6 Å². The van der Waals surface area contributed by atoms with E-state index in [9.17, 15) is 0 Å². The van der Waals surface area contributed by atoms with Crippen molar-refractivity contribution in [2.24, 2.45) is 16.6 Å². The highest BCUT2D eigenvalue weighted by atomic mass is 16.5. The number of ether oxygens (including phenoxy) is 1. The van der Waals surface area contributed by atoms with Crippen LogP contribution in [-0.2, 0) is 0 Å². The van der Waals surface area contributed by atoms with Crippen LogP contribution in [0.25, 0.3) is 0 Å². The molecule has 1 aromatic rings. The normalized spacial score (nSPS) is 16.8. The minimum atomic E-state index is 0.525. The maximum atomic E-state index is 5.80. The zero-order valence-corrected chi connectivity index (χ0v) is 8.23. The molecule has 0 heterocycles. The zero-order chi connectivity index (χ0) is 9.97. The van der Waals surface area contributed by atoms with E-state index in [0.717, 1.165) is 17.3 Å². The second-order valence-electron chi connectivity index (χ2n) is 3.51. The predicted octanol–water partition coefficient (Wildman–Crippen LogP) is 2.09. The van der Waals surface area contributed by atoms with Gasteiger partial charge < -0.3 is 10.5 Å². The van der Waals surface area contributed by atoms with E-state index in [0.29, 0.717) is 5.92 Å². The number of nitrogens with zero attached hydrogens (tertiary/aromatic N) is 1. The van der Waals surface area contributed by atoms with Crippen molar-refractivity contribution in [3.63, 3.8) is 0 Å². The molecule has 0 aliphatic heterocycles. The van der Waals surface area contributed by atoms with Gasteiger partial charge in [0.15, 0.2) is 0 Å². The van der Waals surface area contributed by atoms with Gasteiger partial charge in [0.05, 0.1) is 12.8 Å². The molecular formula is C11H14N2O. The molecule has 1 saturated carbocycles. The molecule has 0 atom stereocenters. The van der Waals surface area contributed by atoms with Crippen LogP contribution < -0.4 is 10.5 Å². The van der Waals surface area contributed by atoms with Gasteiger partial charge in [-0.05, 0) is 37.1 Å². The fourth-order valence-corrected chi connectivity index (χ4v) is 1.28. The summed E-state index contributed by atoms with van der Waals surface area (Å²) in [6.07, 6.45) is 2.37. The molecule has 0 unspecified atom stereocenters. The van der Waals surface area contributed by atoms with Gasteiger partial charge in [0.1, 0.15) is 11.6 Å². The molecule has 3 heteroatoms. The fraction of sp³-hybridized carbons (Fsp3) is 0.364. The average molecular weight is 190 g/mol. The third-order valence-corrected chi connectivity index (χ3v) is 2.33. The summed E-state index contributed by atoms with van der Waals surface area (Å²) in [5.41, 5.74) is 6.70. The maximum Gasteiger partial charge on any atom is 0.119 e. The first-order valence-electron chi connectivity index (χ1n) is 4.77. The highest BCUT2D eigenvalue weighted by Crippen LogP contribution is 2.30. The Balaban J connectivity index is 2.12. The van der Waals surface area contributed by atoms with E-state index < -0.39 is 0 Å². The Kier molecular flexibility index (Phi) is 2.39. The van der Waals surface area contributed by atoms with Gasteiger partial charge in [-0.1, -0.05) is 0 Å². The Bertz CT molecular complexity index is 339. The molecule has 0 radical (unpaired) electrons. The van der Waals surface area contributed by atoms with Gasteiger partial charge in [0.2, 0.25) is 0 Å². The summed E-state index contributed by atoms with van der Waals surface area (Å²) in [6, 6.07) is 7.60. The van der Waals surface area contributed by atoms with Crippen LogP contribution in [0.15, 0.2) is 29.3 Å². The third kappa shape index (κ3) is 2.05. The Labute approximate surface area is 83.6 Å². The van der Waals surface area contributed by atoms with Crippen LogP contribution in [0.1, 0.15) is 12.8 Å². The van der Waals surface area contributed by atoms with Crippen molar-refractivity contribution in [1.82, 2.24) is 0 Å². The lowest BCUT2D eigenvalue weighted by Crippen LogP contribution is -2.12. The van der Waals surface area contributed by atoms with Gasteiger partial charge in [0, 0.05) is 5.92 Å². The molecule has 1 aromatic carbocycles.